The molecule has 0 N–H and O–H groups in total. The molecule has 0 saturated heterocycles. The van der Waals surface area contributed by atoms with Gasteiger partial charge in [0.2, 0.25) is 0 Å². The Bertz CT molecular complexity index is 746. The zero-order valence-corrected chi connectivity index (χ0v) is 13.7. The summed E-state index contributed by atoms with van der Waals surface area (Å²) in [5.41, 5.74) is 2.62. The van der Waals surface area contributed by atoms with Crippen molar-refractivity contribution in [3.63, 3.8) is 0 Å². The molecule has 0 saturated carbocycles. The summed E-state index contributed by atoms with van der Waals surface area (Å²) in [6.45, 7) is 4.12. The van der Waals surface area contributed by atoms with Gasteiger partial charge < -0.3 is 4.90 Å². The topological polar surface area (TPSA) is 3.24 Å². The first-order chi connectivity index (χ1) is 10.3. The summed E-state index contributed by atoms with van der Waals surface area (Å²) in [4.78, 5) is 2.42. The molecule has 1 nitrogen and oxygen atoms in total. The Kier molecular flexibility index (Phi) is 4.26. The quantitative estimate of drug-likeness (QED) is 0.595. The van der Waals surface area contributed by atoms with Gasteiger partial charge in [-0.05, 0) is 36.1 Å². The maximum Gasteiger partial charge on any atom is 0.0448 e. The third-order valence-corrected chi connectivity index (χ3v) is 4.24. The van der Waals surface area contributed by atoms with Gasteiger partial charge >= 0.3 is 0 Å². The van der Waals surface area contributed by atoms with E-state index in [1.807, 2.05) is 0 Å². The van der Waals surface area contributed by atoms with Crippen LogP contribution in [0.15, 0.2) is 71.2 Å². The number of hydrogen-bond donors (Lipinski definition) is 0. The van der Waals surface area contributed by atoms with Crippen LogP contribution in [0.3, 0.4) is 0 Å². The summed E-state index contributed by atoms with van der Waals surface area (Å²) < 4.78 is 1.13. The van der Waals surface area contributed by atoms with E-state index in [-0.39, 0.29) is 0 Å². The molecule has 3 aromatic carbocycles. The van der Waals surface area contributed by atoms with E-state index in [0.29, 0.717) is 0 Å². The molecule has 3 rings (SSSR count). The Hall–Kier alpha value is -1.80. The van der Waals surface area contributed by atoms with E-state index in [2.05, 4.69) is 94.5 Å². The van der Waals surface area contributed by atoms with Crippen molar-refractivity contribution in [1.82, 2.24) is 0 Å². The molecule has 0 unspecified atom stereocenters. The number of halogens is 1. The van der Waals surface area contributed by atoms with E-state index in [4.69, 9.17) is 0 Å². The van der Waals surface area contributed by atoms with Crippen LogP contribution in [0.25, 0.3) is 10.8 Å². The molecule has 0 radical (unpaired) electrons. The number of anilines is 1. The fraction of sp³-hybridized carbons (Fsp3) is 0.158. The van der Waals surface area contributed by atoms with Crippen LogP contribution < -0.4 is 4.90 Å². The van der Waals surface area contributed by atoms with Crippen LogP contribution in [0.2, 0.25) is 0 Å². The van der Waals surface area contributed by atoms with Crippen molar-refractivity contribution in [3.8, 4) is 0 Å². The minimum Gasteiger partial charge on any atom is -0.367 e. The third-order valence-electron chi connectivity index (χ3n) is 3.75. The van der Waals surface area contributed by atoms with Crippen LogP contribution in [0, 0.1) is 0 Å². The lowest BCUT2D eigenvalue weighted by Gasteiger charge is -2.25. The van der Waals surface area contributed by atoms with Crippen LogP contribution in [0.4, 0.5) is 5.69 Å². The number of benzene rings is 3. The maximum atomic E-state index is 3.55. The Morgan fingerprint density at radius 3 is 2.48 bits per heavy atom. The maximum absolute atomic E-state index is 3.55. The smallest absolute Gasteiger partial charge is 0.0448 e. The molecular formula is C19H18BrN. The summed E-state index contributed by atoms with van der Waals surface area (Å²) in [6, 6.07) is 23.6. The summed E-state index contributed by atoms with van der Waals surface area (Å²) in [5.74, 6) is 0. The first-order valence-corrected chi connectivity index (χ1v) is 8.04. The highest BCUT2D eigenvalue weighted by molar-refractivity contribution is 9.10. The molecular weight excluding hydrogens is 322 g/mol. The first-order valence-electron chi connectivity index (χ1n) is 7.25. The molecule has 0 fully saturated rings. The van der Waals surface area contributed by atoms with Crippen molar-refractivity contribution in [2.24, 2.45) is 0 Å². The van der Waals surface area contributed by atoms with Crippen molar-refractivity contribution < 1.29 is 0 Å². The van der Waals surface area contributed by atoms with Gasteiger partial charge in [0.05, 0.1) is 0 Å². The average Bonchev–Trinajstić information content (AvgIpc) is 2.52. The Labute approximate surface area is 134 Å². The minimum atomic E-state index is 0.921. The van der Waals surface area contributed by atoms with E-state index < -0.39 is 0 Å². The Balaban J connectivity index is 1.98. The predicted molar refractivity (Wildman–Crippen MR) is 94.8 cm³/mol. The molecule has 0 amide bonds. The average molecular weight is 340 g/mol. The summed E-state index contributed by atoms with van der Waals surface area (Å²) in [7, 11) is 0. The van der Waals surface area contributed by atoms with Gasteiger partial charge in [0.25, 0.3) is 0 Å². The van der Waals surface area contributed by atoms with Crippen LogP contribution in [0.1, 0.15) is 12.5 Å². The summed E-state index contributed by atoms with van der Waals surface area (Å²) >= 11 is 3.55. The molecule has 21 heavy (non-hydrogen) atoms. The largest absolute Gasteiger partial charge is 0.367 e. The number of nitrogens with zero attached hydrogens (tertiary/aromatic N) is 1. The van der Waals surface area contributed by atoms with E-state index in [0.717, 1.165) is 17.6 Å². The van der Waals surface area contributed by atoms with Crippen LogP contribution in [0.5, 0.6) is 0 Å². The number of hydrogen-bond acceptors (Lipinski definition) is 1. The standard InChI is InChI=1S/C19H18BrN/c1-2-21(14-15-7-5-10-17(20)13-15)19-12-6-9-16-8-3-4-11-18(16)19/h3-13H,2,14H2,1H3. The van der Waals surface area contributed by atoms with Gasteiger partial charge in [0, 0.05) is 28.6 Å². The monoisotopic (exact) mass is 339 g/mol. The SMILES string of the molecule is CCN(Cc1cccc(Br)c1)c1cccc2ccccc12. The van der Waals surface area contributed by atoms with Gasteiger partial charge in [0.1, 0.15) is 0 Å². The highest BCUT2D eigenvalue weighted by Gasteiger charge is 2.09. The van der Waals surface area contributed by atoms with Gasteiger partial charge in [-0.25, -0.2) is 0 Å². The van der Waals surface area contributed by atoms with Crippen molar-refractivity contribution in [1.29, 1.82) is 0 Å². The molecule has 3 aromatic rings. The fourth-order valence-electron chi connectivity index (χ4n) is 2.71. The lowest BCUT2D eigenvalue weighted by atomic mass is 10.1. The lowest BCUT2D eigenvalue weighted by Crippen LogP contribution is -2.22. The van der Waals surface area contributed by atoms with E-state index in [1.54, 1.807) is 0 Å². The van der Waals surface area contributed by atoms with E-state index in [9.17, 15) is 0 Å². The highest BCUT2D eigenvalue weighted by atomic mass is 79.9. The molecule has 0 heterocycles. The van der Waals surface area contributed by atoms with Crippen LogP contribution >= 0.6 is 15.9 Å². The normalized spacial score (nSPS) is 10.8. The number of fused-ring (bicyclic) bond motifs is 1. The van der Waals surface area contributed by atoms with Crippen molar-refractivity contribution in [2.45, 2.75) is 13.5 Å². The highest BCUT2D eigenvalue weighted by Crippen LogP contribution is 2.28. The van der Waals surface area contributed by atoms with Gasteiger partial charge in [-0.2, -0.15) is 0 Å². The molecule has 0 aromatic heterocycles. The molecule has 0 aliphatic carbocycles. The van der Waals surface area contributed by atoms with Crippen molar-refractivity contribution in [2.75, 3.05) is 11.4 Å². The Morgan fingerprint density at radius 1 is 0.905 bits per heavy atom. The third kappa shape index (κ3) is 3.11. The second-order valence-electron chi connectivity index (χ2n) is 5.14. The molecule has 106 valence electrons. The molecule has 0 aliphatic heterocycles. The number of rotatable bonds is 4. The minimum absolute atomic E-state index is 0.921. The van der Waals surface area contributed by atoms with Gasteiger partial charge in [-0.3, -0.25) is 0 Å². The van der Waals surface area contributed by atoms with E-state index >= 15 is 0 Å². The first kappa shape index (κ1) is 14.2. The molecule has 0 aliphatic rings. The molecule has 0 atom stereocenters. The van der Waals surface area contributed by atoms with Crippen LogP contribution in [-0.2, 0) is 6.54 Å². The second-order valence-corrected chi connectivity index (χ2v) is 6.06. The summed E-state index contributed by atoms with van der Waals surface area (Å²) in [6.07, 6.45) is 0. The van der Waals surface area contributed by atoms with E-state index in [1.165, 1.54) is 22.0 Å². The zero-order valence-electron chi connectivity index (χ0n) is 12.1. The molecule has 2 heteroatoms. The van der Waals surface area contributed by atoms with Gasteiger partial charge in [-0.15, -0.1) is 0 Å². The van der Waals surface area contributed by atoms with Crippen molar-refractivity contribution in [3.05, 3.63) is 76.8 Å². The second kappa shape index (κ2) is 6.31. The zero-order chi connectivity index (χ0) is 14.7. The fourth-order valence-corrected chi connectivity index (χ4v) is 3.15. The lowest BCUT2D eigenvalue weighted by molar-refractivity contribution is 0.835. The Morgan fingerprint density at radius 2 is 1.67 bits per heavy atom. The molecule has 0 spiro atoms. The molecule has 0 bridgehead atoms. The van der Waals surface area contributed by atoms with Gasteiger partial charge in [0.15, 0.2) is 0 Å². The van der Waals surface area contributed by atoms with Crippen LogP contribution in [-0.4, -0.2) is 6.54 Å². The van der Waals surface area contributed by atoms with Gasteiger partial charge in [-0.1, -0.05) is 64.5 Å². The van der Waals surface area contributed by atoms with Crippen molar-refractivity contribution >= 4 is 32.4 Å². The summed E-state index contributed by atoms with van der Waals surface area (Å²) in [5, 5.41) is 2.61. The predicted octanol–water partition coefficient (Wildman–Crippen LogP) is 5.63.